The second-order valence-corrected chi connectivity index (χ2v) is 8.31. The zero-order chi connectivity index (χ0) is 20.9. The fraction of sp³-hybridized carbons (Fsp3) is 0.458. The van der Waals surface area contributed by atoms with E-state index in [-0.39, 0.29) is 24.3 Å². The van der Waals surface area contributed by atoms with Crippen molar-refractivity contribution in [3.05, 3.63) is 64.1 Å². The van der Waals surface area contributed by atoms with E-state index in [2.05, 4.69) is 35.1 Å². The minimum atomic E-state index is -0.237. The minimum absolute atomic E-state index is 0.00185. The van der Waals surface area contributed by atoms with Crippen molar-refractivity contribution in [1.82, 2.24) is 9.78 Å². The van der Waals surface area contributed by atoms with Gasteiger partial charge in [0.25, 0.3) is 5.56 Å². The molecule has 1 saturated heterocycles. The van der Waals surface area contributed by atoms with E-state index in [1.807, 2.05) is 12.1 Å². The van der Waals surface area contributed by atoms with Gasteiger partial charge in [-0.05, 0) is 54.5 Å². The molecule has 1 aromatic heterocycles. The van der Waals surface area contributed by atoms with Crippen molar-refractivity contribution >= 4 is 17.0 Å². The molecular formula is C24H29N3O3. The maximum atomic E-state index is 12.7. The van der Waals surface area contributed by atoms with Crippen molar-refractivity contribution in [3.63, 3.8) is 0 Å². The highest BCUT2D eigenvalue weighted by molar-refractivity contribution is 5.81. The molecule has 1 aliphatic carbocycles. The zero-order valence-corrected chi connectivity index (χ0v) is 17.5. The predicted molar refractivity (Wildman–Crippen MR) is 118 cm³/mol. The number of hydrogen-bond acceptors (Lipinski definition) is 5. The van der Waals surface area contributed by atoms with Gasteiger partial charge in [0.15, 0.2) is 5.78 Å². The summed E-state index contributed by atoms with van der Waals surface area (Å²) in [5, 5.41) is 4.49. The Balaban J connectivity index is 1.44. The Hall–Kier alpha value is -2.73. The summed E-state index contributed by atoms with van der Waals surface area (Å²) in [5.74, 6) is 0.668. The van der Waals surface area contributed by atoms with Gasteiger partial charge >= 0.3 is 0 Å². The Kier molecular flexibility index (Phi) is 6.43. The molecule has 2 aromatic rings. The van der Waals surface area contributed by atoms with Crippen LogP contribution in [0.4, 0.5) is 5.69 Å². The SMILES string of the molecule is CC1CC=C(c2ccc(=O)n(CC(=O)Cc3cccc(N4CCOCC4)c3)n2)CC1. The number of benzene rings is 1. The summed E-state index contributed by atoms with van der Waals surface area (Å²) < 4.78 is 6.72. The van der Waals surface area contributed by atoms with Crippen LogP contribution < -0.4 is 10.5 Å². The average Bonchev–Trinajstić information content (AvgIpc) is 2.77. The van der Waals surface area contributed by atoms with Crippen molar-refractivity contribution in [1.29, 1.82) is 0 Å². The predicted octanol–water partition coefficient (Wildman–Crippen LogP) is 3.10. The van der Waals surface area contributed by atoms with Gasteiger partial charge in [-0.3, -0.25) is 9.59 Å². The van der Waals surface area contributed by atoms with Crippen LogP contribution in [0, 0.1) is 5.92 Å². The average molecular weight is 408 g/mol. The van der Waals surface area contributed by atoms with Gasteiger partial charge in [-0.15, -0.1) is 0 Å². The largest absolute Gasteiger partial charge is 0.378 e. The molecule has 0 radical (unpaired) electrons. The van der Waals surface area contributed by atoms with E-state index < -0.39 is 0 Å². The van der Waals surface area contributed by atoms with Crippen LogP contribution in [-0.4, -0.2) is 41.9 Å². The number of ether oxygens (including phenoxy) is 1. The number of nitrogens with zero attached hydrogens (tertiary/aromatic N) is 3. The van der Waals surface area contributed by atoms with E-state index in [4.69, 9.17) is 4.74 Å². The Morgan fingerprint density at radius 1 is 1.20 bits per heavy atom. The van der Waals surface area contributed by atoms with Crippen LogP contribution in [0.5, 0.6) is 0 Å². The number of morpholine rings is 1. The van der Waals surface area contributed by atoms with E-state index in [0.717, 1.165) is 62.5 Å². The van der Waals surface area contributed by atoms with Crippen molar-refractivity contribution in [2.45, 2.75) is 39.2 Å². The number of ketones is 1. The van der Waals surface area contributed by atoms with Gasteiger partial charge in [0.2, 0.25) is 0 Å². The van der Waals surface area contributed by atoms with Gasteiger partial charge in [0, 0.05) is 31.3 Å². The third kappa shape index (κ3) is 5.05. The van der Waals surface area contributed by atoms with Crippen LogP contribution in [0.2, 0.25) is 0 Å². The summed E-state index contributed by atoms with van der Waals surface area (Å²) in [6, 6.07) is 11.4. The van der Waals surface area contributed by atoms with E-state index in [1.165, 1.54) is 16.3 Å². The van der Waals surface area contributed by atoms with E-state index in [0.29, 0.717) is 5.92 Å². The topological polar surface area (TPSA) is 64.4 Å². The maximum absolute atomic E-state index is 12.7. The molecule has 0 saturated carbocycles. The number of carbonyl (C=O) groups is 1. The third-order valence-electron chi connectivity index (χ3n) is 5.88. The molecule has 2 aliphatic rings. The van der Waals surface area contributed by atoms with Gasteiger partial charge < -0.3 is 9.64 Å². The molecule has 1 aromatic carbocycles. The smallest absolute Gasteiger partial charge is 0.267 e. The number of Topliss-reactive ketones (excluding diaryl/α,β-unsaturated/α-hetero) is 1. The van der Waals surface area contributed by atoms with Gasteiger partial charge in [-0.2, -0.15) is 5.10 Å². The summed E-state index contributed by atoms with van der Waals surface area (Å²) >= 11 is 0. The van der Waals surface area contributed by atoms with Gasteiger partial charge in [-0.25, -0.2) is 4.68 Å². The normalized spacial score (nSPS) is 19.4. The molecular weight excluding hydrogens is 378 g/mol. The molecule has 1 unspecified atom stereocenters. The first-order valence-electron chi connectivity index (χ1n) is 10.8. The third-order valence-corrected chi connectivity index (χ3v) is 5.88. The molecule has 0 amide bonds. The zero-order valence-electron chi connectivity index (χ0n) is 17.5. The number of allylic oxidation sites excluding steroid dienone is 2. The molecule has 4 rings (SSSR count). The minimum Gasteiger partial charge on any atom is -0.378 e. The first-order valence-corrected chi connectivity index (χ1v) is 10.8. The lowest BCUT2D eigenvalue weighted by Crippen LogP contribution is -2.36. The van der Waals surface area contributed by atoms with Crippen LogP contribution in [0.15, 0.2) is 47.3 Å². The summed E-state index contributed by atoms with van der Waals surface area (Å²) in [6.07, 6.45) is 5.63. The van der Waals surface area contributed by atoms with Crippen molar-refractivity contribution in [2.75, 3.05) is 31.2 Å². The Morgan fingerprint density at radius 3 is 2.80 bits per heavy atom. The summed E-state index contributed by atoms with van der Waals surface area (Å²) in [6.45, 7) is 5.41. The molecule has 1 fully saturated rings. The van der Waals surface area contributed by atoms with E-state index in [9.17, 15) is 9.59 Å². The van der Waals surface area contributed by atoms with Crippen LogP contribution in [0.25, 0.3) is 5.57 Å². The molecule has 30 heavy (non-hydrogen) atoms. The standard InChI is InChI=1S/C24H29N3O3/c1-18-5-7-20(8-6-18)23-9-10-24(29)27(25-23)17-22(28)16-19-3-2-4-21(15-19)26-11-13-30-14-12-26/h2-4,7,9-10,15,18H,5-6,8,11-14,16-17H2,1H3. The van der Waals surface area contributed by atoms with Crippen LogP contribution in [-0.2, 0) is 22.5 Å². The van der Waals surface area contributed by atoms with Crippen LogP contribution in [0.1, 0.15) is 37.4 Å². The first kappa shape index (κ1) is 20.5. The molecule has 6 nitrogen and oxygen atoms in total. The molecule has 1 atom stereocenters. The number of aromatic nitrogens is 2. The monoisotopic (exact) mass is 407 g/mol. The fourth-order valence-corrected chi connectivity index (χ4v) is 4.07. The Labute approximate surface area is 177 Å². The van der Waals surface area contributed by atoms with Gasteiger partial charge in [0.1, 0.15) is 6.54 Å². The molecule has 0 spiro atoms. The molecule has 1 aliphatic heterocycles. The maximum Gasteiger partial charge on any atom is 0.267 e. The van der Waals surface area contributed by atoms with Crippen LogP contribution >= 0.6 is 0 Å². The van der Waals surface area contributed by atoms with Crippen molar-refractivity contribution < 1.29 is 9.53 Å². The second kappa shape index (κ2) is 9.39. The number of carbonyl (C=O) groups excluding carboxylic acids is 1. The Bertz CT molecular complexity index is 989. The van der Waals surface area contributed by atoms with E-state index in [1.54, 1.807) is 6.07 Å². The van der Waals surface area contributed by atoms with Crippen LogP contribution in [0.3, 0.4) is 0 Å². The van der Waals surface area contributed by atoms with Crippen molar-refractivity contribution in [2.24, 2.45) is 5.92 Å². The quantitative estimate of drug-likeness (QED) is 0.736. The molecule has 0 bridgehead atoms. The lowest BCUT2D eigenvalue weighted by molar-refractivity contribution is -0.119. The molecule has 2 heterocycles. The van der Waals surface area contributed by atoms with Gasteiger partial charge in [0.05, 0.1) is 18.9 Å². The second-order valence-electron chi connectivity index (χ2n) is 8.31. The highest BCUT2D eigenvalue weighted by Gasteiger charge is 2.15. The Morgan fingerprint density at radius 2 is 2.03 bits per heavy atom. The molecule has 0 N–H and O–H groups in total. The summed E-state index contributed by atoms with van der Waals surface area (Å²) in [7, 11) is 0. The summed E-state index contributed by atoms with van der Waals surface area (Å²) in [5.41, 5.74) is 3.81. The van der Waals surface area contributed by atoms with Crippen molar-refractivity contribution in [3.8, 4) is 0 Å². The molecule has 158 valence electrons. The number of rotatable bonds is 6. The number of anilines is 1. The molecule has 6 heteroatoms. The highest BCUT2D eigenvalue weighted by atomic mass is 16.5. The van der Waals surface area contributed by atoms with E-state index >= 15 is 0 Å². The lowest BCUT2D eigenvalue weighted by atomic mass is 9.90. The highest BCUT2D eigenvalue weighted by Crippen LogP contribution is 2.28. The van der Waals surface area contributed by atoms with Gasteiger partial charge in [-0.1, -0.05) is 25.1 Å². The fourth-order valence-electron chi connectivity index (χ4n) is 4.07. The number of hydrogen-bond donors (Lipinski definition) is 0. The first-order chi connectivity index (χ1) is 14.6. The lowest BCUT2D eigenvalue weighted by Gasteiger charge is -2.29. The summed E-state index contributed by atoms with van der Waals surface area (Å²) in [4.78, 5) is 27.2.